The van der Waals surface area contributed by atoms with Gasteiger partial charge in [0.05, 0.1) is 11.6 Å². The van der Waals surface area contributed by atoms with Crippen LogP contribution in [0, 0.1) is 0 Å². The Morgan fingerprint density at radius 1 is 1.33 bits per heavy atom. The number of ether oxygens (including phenoxy) is 1. The summed E-state index contributed by atoms with van der Waals surface area (Å²) in [6.07, 6.45) is 9.52. The molecule has 1 N–H and O–H groups in total. The van der Waals surface area contributed by atoms with E-state index < -0.39 is 17.7 Å². The summed E-state index contributed by atoms with van der Waals surface area (Å²) < 4.78 is 5.85. The number of amides is 2. The Labute approximate surface area is 178 Å². The predicted octanol–water partition coefficient (Wildman–Crippen LogP) is 3.07. The fraction of sp³-hybridized carbons (Fsp3) is 0.727. The first-order chi connectivity index (χ1) is 14.4. The van der Waals surface area contributed by atoms with Gasteiger partial charge in [-0.3, -0.25) is 9.69 Å². The Morgan fingerprint density at radius 3 is 2.60 bits per heavy atom. The number of rotatable bonds is 7. The highest BCUT2D eigenvalue weighted by Crippen LogP contribution is 2.37. The Kier molecular flexibility index (Phi) is 7.28. The molecule has 4 unspecified atom stereocenters. The van der Waals surface area contributed by atoms with Crippen LogP contribution < -0.4 is 0 Å². The first kappa shape index (κ1) is 22.5. The highest BCUT2D eigenvalue weighted by molar-refractivity contribution is 5.70. The molecule has 0 bridgehead atoms. The van der Waals surface area contributed by atoms with Crippen molar-refractivity contribution in [2.45, 2.75) is 95.5 Å². The Balaban J connectivity index is 1.78. The number of aliphatic hydroxyl groups excluding tert-OH is 1. The van der Waals surface area contributed by atoms with Crippen LogP contribution in [0.1, 0.15) is 77.6 Å². The minimum Gasteiger partial charge on any atom is -0.446 e. The molecule has 1 aliphatic carbocycles. The van der Waals surface area contributed by atoms with Gasteiger partial charge in [0.25, 0.3) is 0 Å². The van der Waals surface area contributed by atoms with Crippen LogP contribution in [-0.4, -0.2) is 67.7 Å². The van der Waals surface area contributed by atoms with Gasteiger partial charge >= 0.3 is 6.09 Å². The zero-order chi connectivity index (χ0) is 21.7. The number of likely N-dealkylation sites (tertiary alicyclic amines) is 1. The topological polar surface area (TPSA) is 95.9 Å². The van der Waals surface area contributed by atoms with Crippen molar-refractivity contribution in [3.63, 3.8) is 0 Å². The van der Waals surface area contributed by atoms with Crippen molar-refractivity contribution < 1.29 is 19.4 Å². The molecular weight excluding hydrogens is 384 g/mol. The lowest BCUT2D eigenvalue weighted by Gasteiger charge is -2.42. The SMILES string of the molecule is CC(O)C(c1ncccn1)N(C=O)CC1(C)CCC(C)N1C(=O)OC1CCCCC1. The van der Waals surface area contributed by atoms with E-state index >= 15 is 0 Å². The maximum absolute atomic E-state index is 13.1. The van der Waals surface area contributed by atoms with Crippen LogP contribution in [0.2, 0.25) is 0 Å². The second kappa shape index (κ2) is 9.73. The molecule has 30 heavy (non-hydrogen) atoms. The van der Waals surface area contributed by atoms with E-state index in [1.807, 2.05) is 13.8 Å². The first-order valence-corrected chi connectivity index (χ1v) is 11.0. The van der Waals surface area contributed by atoms with Crippen LogP contribution >= 0.6 is 0 Å². The second-order valence-electron chi connectivity index (χ2n) is 8.97. The first-order valence-electron chi connectivity index (χ1n) is 11.0. The Bertz CT molecular complexity index is 710. The second-order valence-corrected chi connectivity index (χ2v) is 8.97. The van der Waals surface area contributed by atoms with Gasteiger partial charge in [0.2, 0.25) is 6.41 Å². The number of nitrogens with zero attached hydrogens (tertiary/aromatic N) is 4. The molecule has 0 spiro atoms. The molecule has 2 fully saturated rings. The summed E-state index contributed by atoms with van der Waals surface area (Å²) in [6.45, 7) is 5.89. The van der Waals surface area contributed by atoms with Crippen LogP contribution in [-0.2, 0) is 9.53 Å². The van der Waals surface area contributed by atoms with E-state index in [2.05, 4.69) is 9.97 Å². The smallest absolute Gasteiger partial charge is 0.410 e. The zero-order valence-electron chi connectivity index (χ0n) is 18.2. The number of aliphatic hydroxyl groups is 1. The summed E-state index contributed by atoms with van der Waals surface area (Å²) in [5.41, 5.74) is -0.589. The minimum atomic E-state index is -0.859. The maximum Gasteiger partial charge on any atom is 0.410 e. The van der Waals surface area contributed by atoms with Crippen molar-refractivity contribution in [1.29, 1.82) is 0 Å². The van der Waals surface area contributed by atoms with E-state index in [0.29, 0.717) is 12.2 Å². The number of hydrogen-bond donors (Lipinski definition) is 1. The van der Waals surface area contributed by atoms with E-state index in [1.165, 1.54) is 11.3 Å². The summed E-state index contributed by atoms with van der Waals surface area (Å²) in [6, 6.07) is 1.03. The summed E-state index contributed by atoms with van der Waals surface area (Å²) in [5, 5.41) is 10.4. The lowest BCUT2D eigenvalue weighted by atomic mass is 9.96. The van der Waals surface area contributed by atoms with E-state index in [-0.39, 0.29) is 24.8 Å². The molecule has 1 saturated heterocycles. The normalized spacial score (nSPS) is 26.8. The van der Waals surface area contributed by atoms with Crippen molar-refractivity contribution in [3.8, 4) is 0 Å². The summed E-state index contributed by atoms with van der Waals surface area (Å²) >= 11 is 0. The molecule has 2 amide bonds. The molecule has 2 aliphatic rings. The molecule has 8 nitrogen and oxygen atoms in total. The van der Waals surface area contributed by atoms with Crippen LogP contribution in [0.15, 0.2) is 18.5 Å². The Hall–Kier alpha value is -2.22. The van der Waals surface area contributed by atoms with Gasteiger partial charge in [0.1, 0.15) is 12.1 Å². The van der Waals surface area contributed by atoms with Crippen LogP contribution in [0.25, 0.3) is 0 Å². The van der Waals surface area contributed by atoms with Crippen LogP contribution in [0.4, 0.5) is 4.79 Å². The van der Waals surface area contributed by atoms with Crippen molar-refractivity contribution in [2.24, 2.45) is 0 Å². The highest BCUT2D eigenvalue weighted by atomic mass is 16.6. The number of hydrogen-bond acceptors (Lipinski definition) is 6. The molecule has 1 aliphatic heterocycles. The van der Waals surface area contributed by atoms with E-state index in [1.54, 1.807) is 30.3 Å². The molecule has 1 aromatic heterocycles. The number of carbonyl (C=O) groups is 2. The molecule has 8 heteroatoms. The molecule has 2 heterocycles. The van der Waals surface area contributed by atoms with Gasteiger partial charge in [-0.15, -0.1) is 0 Å². The van der Waals surface area contributed by atoms with Gasteiger partial charge in [-0.05, 0) is 65.4 Å². The summed E-state index contributed by atoms with van der Waals surface area (Å²) in [4.78, 5) is 36.9. The molecular formula is C22H34N4O4. The fourth-order valence-corrected chi connectivity index (χ4v) is 4.94. The van der Waals surface area contributed by atoms with E-state index in [4.69, 9.17) is 4.74 Å². The van der Waals surface area contributed by atoms with Crippen LogP contribution in [0.3, 0.4) is 0 Å². The van der Waals surface area contributed by atoms with E-state index in [9.17, 15) is 14.7 Å². The standard InChI is InChI=1S/C22H34N4O4/c1-16-10-11-22(3,26(16)21(29)30-18-8-5-4-6-9-18)14-25(15-27)19(17(2)28)20-23-12-7-13-24-20/h7,12-13,15-19,28H,4-6,8-11,14H2,1-3H3. The van der Waals surface area contributed by atoms with Crippen LogP contribution in [0.5, 0.6) is 0 Å². The van der Waals surface area contributed by atoms with Crippen molar-refractivity contribution in [3.05, 3.63) is 24.3 Å². The van der Waals surface area contributed by atoms with Crippen molar-refractivity contribution in [1.82, 2.24) is 19.8 Å². The molecule has 0 radical (unpaired) electrons. The van der Waals surface area contributed by atoms with Gasteiger partial charge in [0.15, 0.2) is 5.82 Å². The largest absolute Gasteiger partial charge is 0.446 e. The van der Waals surface area contributed by atoms with Gasteiger partial charge in [-0.1, -0.05) is 6.42 Å². The Morgan fingerprint density at radius 2 is 2.00 bits per heavy atom. The average Bonchev–Trinajstić information content (AvgIpc) is 3.03. The molecule has 1 aromatic rings. The van der Waals surface area contributed by atoms with Gasteiger partial charge in [-0.2, -0.15) is 0 Å². The monoisotopic (exact) mass is 418 g/mol. The third-order valence-electron chi connectivity index (χ3n) is 6.46. The third-order valence-corrected chi connectivity index (χ3v) is 6.46. The number of aromatic nitrogens is 2. The predicted molar refractivity (Wildman–Crippen MR) is 112 cm³/mol. The summed E-state index contributed by atoms with van der Waals surface area (Å²) in [7, 11) is 0. The highest BCUT2D eigenvalue weighted by Gasteiger charge is 2.47. The van der Waals surface area contributed by atoms with Crippen molar-refractivity contribution in [2.75, 3.05) is 6.54 Å². The lowest BCUT2D eigenvalue weighted by Crippen LogP contribution is -2.56. The molecule has 1 saturated carbocycles. The van der Waals surface area contributed by atoms with E-state index in [0.717, 1.165) is 38.5 Å². The van der Waals surface area contributed by atoms with Gasteiger partial charge in [-0.25, -0.2) is 14.8 Å². The van der Waals surface area contributed by atoms with Gasteiger partial charge in [0, 0.05) is 25.0 Å². The average molecular weight is 419 g/mol. The molecule has 0 aromatic carbocycles. The zero-order valence-corrected chi connectivity index (χ0v) is 18.2. The lowest BCUT2D eigenvalue weighted by molar-refractivity contribution is -0.125. The fourth-order valence-electron chi connectivity index (χ4n) is 4.94. The number of carbonyl (C=O) groups excluding carboxylic acids is 2. The third kappa shape index (κ3) is 4.91. The molecule has 166 valence electrons. The quantitative estimate of drug-likeness (QED) is 0.684. The molecule has 4 atom stereocenters. The van der Waals surface area contributed by atoms with Gasteiger partial charge < -0.3 is 14.7 Å². The summed E-state index contributed by atoms with van der Waals surface area (Å²) in [5.74, 6) is 0.380. The maximum atomic E-state index is 13.1. The molecule has 3 rings (SSSR count). The minimum absolute atomic E-state index is 0.0200. The van der Waals surface area contributed by atoms with Crippen molar-refractivity contribution >= 4 is 12.5 Å².